The molecule has 3 unspecified atom stereocenters. The average molecular weight is 237 g/mol. The first kappa shape index (κ1) is 12.4. The Bertz CT molecular complexity index is 369. The number of aliphatic hydroxyl groups excluding tert-OH is 2. The van der Waals surface area contributed by atoms with E-state index in [2.05, 4.69) is 6.07 Å². The summed E-state index contributed by atoms with van der Waals surface area (Å²) < 4.78 is 5.82. The van der Waals surface area contributed by atoms with Crippen molar-refractivity contribution >= 4 is 0 Å². The van der Waals surface area contributed by atoms with Gasteiger partial charge in [-0.25, -0.2) is 0 Å². The molecule has 4 nitrogen and oxygen atoms in total. The van der Waals surface area contributed by atoms with Crippen LogP contribution in [0.15, 0.2) is 24.3 Å². The fourth-order valence-electron chi connectivity index (χ4n) is 2.19. The van der Waals surface area contributed by atoms with Crippen LogP contribution < -0.4 is 10.5 Å². The minimum Gasteiger partial charge on any atom is -0.489 e. The zero-order valence-corrected chi connectivity index (χ0v) is 9.75. The van der Waals surface area contributed by atoms with Gasteiger partial charge in [0.25, 0.3) is 0 Å². The van der Waals surface area contributed by atoms with Gasteiger partial charge in [-0.2, -0.15) is 0 Å². The Balaban J connectivity index is 1.97. The Morgan fingerprint density at radius 3 is 2.94 bits per heavy atom. The molecule has 0 aliphatic carbocycles. The maximum absolute atomic E-state index is 9.37. The van der Waals surface area contributed by atoms with Crippen molar-refractivity contribution in [3.8, 4) is 5.75 Å². The molecule has 1 aromatic rings. The number of hydrogen-bond donors (Lipinski definition) is 3. The number of rotatable bonds is 4. The number of aryl methyl sites for hydroxylation is 1. The predicted molar refractivity (Wildman–Crippen MR) is 64.9 cm³/mol. The van der Waals surface area contributed by atoms with E-state index in [1.807, 2.05) is 18.2 Å². The summed E-state index contributed by atoms with van der Waals surface area (Å²) in [5.41, 5.74) is 7.19. The lowest BCUT2D eigenvalue weighted by Crippen LogP contribution is -2.43. The lowest BCUT2D eigenvalue weighted by molar-refractivity contribution is 0.0590. The largest absolute Gasteiger partial charge is 0.489 e. The van der Waals surface area contributed by atoms with Crippen molar-refractivity contribution in [2.75, 3.05) is 6.61 Å². The summed E-state index contributed by atoms with van der Waals surface area (Å²) in [7, 11) is 0. The average Bonchev–Trinajstić information content (AvgIpc) is 2.38. The summed E-state index contributed by atoms with van der Waals surface area (Å²) in [6.07, 6.45) is 1.33. The first-order chi connectivity index (χ1) is 8.20. The second kappa shape index (κ2) is 5.49. The van der Waals surface area contributed by atoms with Gasteiger partial charge in [0.05, 0.1) is 12.7 Å². The molecule has 17 heavy (non-hydrogen) atoms. The lowest BCUT2D eigenvalue weighted by Gasteiger charge is -2.31. The summed E-state index contributed by atoms with van der Waals surface area (Å²) >= 11 is 0. The molecule has 0 bridgehead atoms. The second-order valence-corrected chi connectivity index (χ2v) is 4.54. The SMILES string of the molecule is NC(CC(O)CO)C1CCc2ccccc2O1. The monoisotopic (exact) mass is 237 g/mol. The van der Waals surface area contributed by atoms with E-state index in [4.69, 9.17) is 15.6 Å². The number of benzene rings is 1. The Morgan fingerprint density at radius 1 is 1.41 bits per heavy atom. The maximum Gasteiger partial charge on any atom is 0.122 e. The molecule has 0 aromatic heterocycles. The highest BCUT2D eigenvalue weighted by molar-refractivity contribution is 5.35. The third-order valence-corrected chi connectivity index (χ3v) is 3.18. The van der Waals surface area contributed by atoms with Gasteiger partial charge in [-0.15, -0.1) is 0 Å². The first-order valence-electron chi connectivity index (χ1n) is 5.99. The van der Waals surface area contributed by atoms with E-state index in [0.717, 1.165) is 18.6 Å². The van der Waals surface area contributed by atoms with Crippen molar-refractivity contribution < 1.29 is 14.9 Å². The van der Waals surface area contributed by atoms with Crippen molar-refractivity contribution in [1.82, 2.24) is 0 Å². The van der Waals surface area contributed by atoms with Gasteiger partial charge in [-0.05, 0) is 30.9 Å². The van der Waals surface area contributed by atoms with Crippen molar-refractivity contribution in [1.29, 1.82) is 0 Å². The van der Waals surface area contributed by atoms with Crippen LogP contribution in [0.3, 0.4) is 0 Å². The van der Waals surface area contributed by atoms with Crippen LogP contribution in [0.1, 0.15) is 18.4 Å². The molecular formula is C13H19NO3. The van der Waals surface area contributed by atoms with E-state index < -0.39 is 6.10 Å². The number of aliphatic hydroxyl groups is 2. The quantitative estimate of drug-likeness (QED) is 0.710. The summed E-state index contributed by atoms with van der Waals surface area (Å²) in [5, 5.41) is 18.2. The van der Waals surface area contributed by atoms with Gasteiger partial charge in [0.1, 0.15) is 11.9 Å². The zero-order valence-electron chi connectivity index (χ0n) is 9.75. The molecular weight excluding hydrogens is 218 g/mol. The first-order valence-corrected chi connectivity index (χ1v) is 5.99. The summed E-state index contributed by atoms with van der Waals surface area (Å²) in [6.45, 7) is -0.253. The van der Waals surface area contributed by atoms with Gasteiger partial charge in [-0.1, -0.05) is 18.2 Å². The van der Waals surface area contributed by atoms with E-state index in [1.165, 1.54) is 5.56 Å². The Morgan fingerprint density at radius 2 is 2.18 bits per heavy atom. The van der Waals surface area contributed by atoms with Crippen LogP contribution in [0.25, 0.3) is 0 Å². The van der Waals surface area contributed by atoms with Gasteiger partial charge in [0.2, 0.25) is 0 Å². The molecule has 3 atom stereocenters. The van der Waals surface area contributed by atoms with E-state index in [1.54, 1.807) is 0 Å². The molecule has 0 amide bonds. The molecule has 0 saturated heterocycles. The Hall–Kier alpha value is -1.10. The normalized spacial score (nSPS) is 22.4. The molecule has 1 aliphatic heterocycles. The second-order valence-electron chi connectivity index (χ2n) is 4.54. The van der Waals surface area contributed by atoms with Crippen molar-refractivity contribution in [3.63, 3.8) is 0 Å². The molecule has 4 N–H and O–H groups in total. The summed E-state index contributed by atoms with van der Waals surface area (Å²) in [6, 6.07) is 7.69. The van der Waals surface area contributed by atoms with Crippen LogP contribution in [0, 0.1) is 0 Å². The standard InChI is InChI=1S/C13H19NO3/c14-11(7-10(16)8-15)13-6-5-9-3-1-2-4-12(9)17-13/h1-4,10-11,13,15-16H,5-8,14H2. The topological polar surface area (TPSA) is 75.7 Å². The number of ether oxygens (including phenoxy) is 1. The molecule has 0 spiro atoms. The third kappa shape index (κ3) is 2.97. The van der Waals surface area contributed by atoms with Crippen LogP contribution in [-0.2, 0) is 6.42 Å². The molecule has 1 aliphatic rings. The van der Waals surface area contributed by atoms with Gasteiger partial charge >= 0.3 is 0 Å². The molecule has 0 radical (unpaired) electrons. The number of fused-ring (bicyclic) bond motifs is 1. The molecule has 0 saturated carbocycles. The number of para-hydroxylation sites is 1. The highest BCUT2D eigenvalue weighted by atomic mass is 16.5. The Labute approximate surface area is 101 Å². The lowest BCUT2D eigenvalue weighted by atomic mass is 9.95. The summed E-state index contributed by atoms with van der Waals surface area (Å²) in [4.78, 5) is 0. The minimum atomic E-state index is -0.759. The highest BCUT2D eigenvalue weighted by Crippen LogP contribution is 2.28. The van der Waals surface area contributed by atoms with Crippen LogP contribution in [0.4, 0.5) is 0 Å². The van der Waals surface area contributed by atoms with E-state index in [9.17, 15) is 5.11 Å². The van der Waals surface area contributed by atoms with Gasteiger partial charge in [0, 0.05) is 6.04 Å². The van der Waals surface area contributed by atoms with Gasteiger partial charge < -0.3 is 20.7 Å². The van der Waals surface area contributed by atoms with E-state index in [0.29, 0.717) is 6.42 Å². The Kier molecular flexibility index (Phi) is 3.99. The van der Waals surface area contributed by atoms with Gasteiger partial charge in [-0.3, -0.25) is 0 Å². The maximum atomic E-state index is 9.37. The highest BCUT2D eigenvalue weighted by Gasteiger charge is 2.26. The molecule has 2 rings (SSSR count). The third-order valence-electron chi connectivity index (χ3n) is 3.18. The number of nitrogens with two attached hydrogens (primary N) is 1. The summed E-state index contributed by atoms with van der Waals surface area (Å²) in [5.74, 6) is 0.887. The van der Waals surface area contributed by atoms with E-state index >= 15 is 0 Å². The van der Waals surface area contributed by atoms with Crippen molar-refractivity contribution in [2.24, 2.45) is 5.73 Å². The minimum absolute atomic E-state index is 0.0777. The van der Waals surface area contributed by atoms with Gasteiger partial charge in [0.15, 0.2) is 0 Å². The van der Waals surface area contributed by atoms with Crippen molar-refractivity contribution in [2.45, 2.75) is 37.5 Å². The fourth-order valence-corrected chi connectivity index (χ4v) is 2.19. The zero-order chi connectivity index (χ0) is 12.3. The van der Waals surface area contributed by atoms with Crippen LogP contribution in [0.2, 0.25) is 0 Å². The molecule has 94 valence electrons. The van der Waals surface area contributed by atoms with E-state index in [-0.39, 0.29) is 18.8 Å². The van der Waals surface area contributed by atoms with Crippen LogP contribution in [0.5, 0.6) is 5.75 Å². The predicted octanol–water partition coefficient (Wildman–Crippen LogP) is 0.451. The number of hydrogen-bond acceptors (Lipinski definition) is 4. The van der Waals surface area contributed by atoms with Crippen LogP contribution in [-0.4, -0.2) is 35.1 Å². The molecule has 1 aromatic carbocycles. The fraction of sp³-hybridized carbons (Fsp3) is 0.538. The van der Waals surface area contributed by atoms with Crippen molar-refractivity contribution in [3.05, 3.63) is 29.8 Å². The molecule has 4 heteroatoms. The van der Waals surface area contributed by atoms with Crippen LogP contribution >= 0.6 is 0 Å². The molecule has 0 fully saturated rings. The smallest absolute Gasteiger partial charge is 0.122 e. The molecule has 1 heterocycles.